The third kappa shape index (κ3) is 3.64. The highest BCUT2D eigenvalue weighted by Crippen LogP contribution is 2.64. The average Bonchev–Trinajstić information content (AvgIpc) is 3.69. The molecule has 2 heterocycles. The molecule has 234 valence electrons. The zero-order chi connectivity index (χ0) is 32.8. The van der Waals surface area contributed by atoms with Crippen LogP contribution in [0.2, 0.25) is 0 Å². The Morgan fingerprint density at radius 1 is 0.420 bits per heavy atom. The highest BCUT2D eigenvalue weighted by molar-refractivity contribution is 6.06. The lowest BCUT2D eigenvalue weighted by molar-refractivity contribution is 0.436. The van der Waals surface area contributed by atoms with Gasteiger partial charge in [0.05, 0.1) is 11.1 Å². The number of anilines is 3. The minimum atomic E-state index is -0.619. The van der Waals surface area contributed by atoms with E-state index in [4.69, 9.17) is 9.15 Å². The molecule has 0 fully saturated rings. The molecule has 3 heteroatoms. The van der Waals surface area contributed by atoms with Crippen LogP contribution in [-0.4, -0.2) is 0 Å². The van der Waals surface area contributed by atoms with Crippen molar-refractivity contribution >= 4 is 49.8 Å². The first kappa shape index (κ1) is 27.4. The van der Waals surface area contributed by atoms with Crippen LogP contribution >= 0.6 is 0 Å². The van der Waals surface area contributed by atoms with Crippen molar-refractivity contribution in [3.05, 3.63) is 198 Å². The van der Waals surface area contributed by atoms with E-state index >= 15 is 0 Å². The molecule has 0 atom stereocenters. The van der Waals surface area contributed by atoms with Gasteiger partial charge in [0.25, 0.3) is 0 Å². The van der Waals surface area contributed by atoms with E-state index in [2.05, 4.69) is 169 Å². The van der Waals surface area contributed by atoms with Crippen LogP contribution in [0.4, 0.5) is 17.1 Å². The molecule has 8 aromatic carbocycles. The second kappa shape index (κ2) is 10.2. The molecule has 11 rings (SSSR count). The Morgan fingerprint density at radius 2 is 1.04 bits per heavy atom. The fraction of sp³-hybridized carbons (Fsp3) is 0.0213. The van der Waals surface area contributed by atoms with Crippen molar-refractivity contribution in [1.82, 2.24) is 0 Å². The Labute approximate surface area is 289 Å². The molecule has 1 spiro atoms. The van der Waals surface area contributed by atoms with E-state index in [-0.39, 0.29) is 0 Å². The van der Waals surface area contributed by atoms with Crippen molar-refractivity contribution in [3.8, 4) is 22.6 Å². The van der Waals surface area contributed by atoms with E-state index in [9.17, 15) is 0 Å². The summed E-state index contributed by atoms with van der Waals surface area (Å²) in [7, 11) is 0. The van der Waals surface area contributed by atoms with E-state index in [1.165, 1.54) is 33.0 Å². The van der Waals surface area contributed by atoms with Crippen molar-refractivity contribution in [3.63, 3.8) is 0 Å². The normalized spacial score (nSPS) is 13.5. The van der Waals surface area contributed by atoms with Crippen molar-refractivity contribution in [2.24, 2.45) is 0 Å². The average molecular weight is 640 g/mol. The molecule has 1 aliphatic heterocycles. The number of ether oxygens (including phenoxy) is 1. The summed E-state index contributed by atoms with van der Waals surface area (Å²) in [5.74, 6) is 1.76. The predicted molar refractivity (Wildman–Crippen MR) is 203 cm³/mol. The third-order valence-electron chi connectivity index (χ3n) is 10.7. The molecule has 1 aromatic heterocycles. The third-order valence-corrected chi connectivity index (χ3v) is 10.7. The number of hydrogen-bond acceptors (Lipinski definition) is 3. The molecule has 1 aliphatic carbocycles. The Hall–Kier alpha value is -6.58. The summed E-state index contributed by atoms with van der Waals surface area (Å²) in [4.78, 5) is 2.42. The maximum absolute atomic E-state index is 6.66. The van der Waals surface area contributed by atoms with E-state index in [0.29, 0.717) is 0 Å². The van der Waals surface area contributed by atoms with Crippen molar-refractivity contribution in [1.29, 1.82) is 0 Å². The lowest BCUT2D eigenvalue weighted by Crippen LogP contribution is -2.33. The number of hydrogen-bond donors (Lipinski definition) is 0. The van der Waals surface area contributed by atoms with Gasteiger partial charge >= 0.3 is 0 Å². The number of fused-ring (bicyclic) bond motifs is 13. The summed E-state index contributed by atoms with van der Waals surface area (Å²) in [6, 6.07) is 63.0. The minimum Gasteiger partial charge on any atom is -0.457 e. The number of furan rings is 1. The largest absolute Gasteiger partial charge is 0.457 e. The zero-order valence-corrected chi connectivity index (χ0v) is 27.0. The topological polar surface area (TPSA) is 25.6 Å². The van der Waals surface area contributed by atoms with Crippen LogP contribution in [0, 0.1) is 0 Å². The first-order chi connectivity index (χ1) is 24.8. The molecule has 0 N–H and O–H groups in total. The van der Waals surface area contributed by atoms with Gasteiger partial charge in [-0.15, -0.1) is 0 Å². The Balaban J connectivity index is 1.27. The molecule has 9 aromatic rings. The van der Waals surface area contributed by atoms with Crippen LogP contribution in [0.15, 0.2) is 180 Å². The number of benzene rings is 8. The van der Waals surface area contributed by atoms with Gasteiger partial charge in [-0.2, -0.15) is 0 Å². The fourth-order valence-electron chi connectivity index (χ4n) is 8.68. The minimum absolute atomic E-state index is 0.619. The molecule has 3 nitrogen and oxygen atoms in total. The standard InChI is InChI=1S/C47H29NO2/c1-2-13-31-28-32(25-24-30(31)12-1)48(33-26-27-36-35-15-4-8-21-42(35)49-45(36)29-33)41-20-11-16-37-34-14-3-5-17-38(34)47(46(37)41)39-18-6-9-22-43(39)50-44-23-10-7-19-40(44)47/h1-29H. The van der Waals surface area contributed by atoms with Crippen LogP contribution in [0.1, 0.15) is 22.3 Å². The SMILES string of the molecule is c1ccc2c(c1)Oc1ccccc1C21c2ccccc2-c2cccc(N(c3ccc4ccccc4c3)c3ccc4c(c3)oc3ccccc34)c21. The van der Waals surface area contributed by atoms with E-state index in [1.807, 2.05) is 12.1 Å². The Kier molecular flexibility index (Phi) is 5.59. The van der Waals surface area contributed by atoms with Gasteiger partial charge in [-0.25, -0.2) is 0 Å². The van der Waals surface area contributed by atoms with E-state index in [1.54, 1.807) is 0 Å². The van der Waals surface area contributed by atoms with E-state index < -0.39 is 5.41 Å². The van der Waals surface area contributed by atoms with Crippen LogP contribution in [-0.2, 0) is 5.41 Å². The lowest BCUT2D eigenvalue weighted by atomic mass is 9.65. The summed E-state index contributed by atoms with van der Waals surface area (Å²) in [6.07, 6.45) is 0. The van der Waals surface area contributed by atoms with Crippen LogP contribution < -0.4 is 9.64 Å². The van der Waals surface area contributed by atoms with Gasteiger partial charge in [0.15, 0.2) is 0 Å². The van der Waals surface area contributed by atoms with E-state index in [0.717, 1.165) is 61.6 Å². The smallest absolute Gasteiger partial charge is 0.137 e. The first-order valence-corrected chi connectivity index (χ1v) is 17.1. The van der Waals surface area contributed by atoms with Crippen molar-refractivity contribution in [2.45, 2.75) is 5.41 Å². The summed E-state index contributed by atoms with van der Waals surface area (Å²) < 4.78 is 13.2. The fourth-order valence-corrected chi connectivity index (χ4v) is 8.68. The van der Waals surface area contributed by atoms with Crippen LogP contribution in [0.25, 0.3) is 43.8 Å². The first-order valence-electron chi connectivity index (χ1n) is 17.1. The van der Waals surface area contributed by atoms with Crippen molar-refractivity contribution < 1.29 is 9.15 Å². The van der Waals surface area contributed by atoms with Gasteiger partial charge in [0.2, 0.25) is 0 Å². The van der Waals surface area contributed by atoms with Gasteiger partial charge in [-0.05, 0) is 76.0 Å². The number of para-hydroxylation sites is 3. The monoisotopic (exact) mass is 639 g/mol. The van der Waals surface area contributed by atoms with Gasteiger partial charge in [0.1, 0.15) is 22.7 Å². The van der Waals surface area contributed by atoms with Gasteiger partial charge in [-0.1, -0.05) is 121 Å². The highest BCUT2D eigenvalue weighted by Gasteiger charge is 2.52. The molecule has 2 aliphatic rings. The molecule has 0 saturated carbocycles. The Morgan fingerprint density at radius 3 is 1.88 bits per heavy atom. The Bertz CT molecular complexity index is 2780. The summed E-state index contributed by atoms with van der Waals surface area (Å²) in [5.41, 5.74) is 11.6. The van der Waals surface area contributed by atoms with Crippen LogP contribution in [0.3, 0.4) is 0 Å². The molecule has 0 radical (unpaired) electrons. The number of rotatable bonds is 3. The maximum atomic E-state index is 6.66. The second-order valence-electron chi connectivity index (χ2n) is 13.2. The molecular formula is C47H29NO2. The summed E-state index contributed by atoms with van der Waals surface area (Å²) in [6.45, 7) is 0. The lowest BCUT2D eigenvalue weighted by Gasteiger charge is -2.41. The van der Waals surface area contributed by atoms with Gasteiger partial charge < -0.3 is 14.1 Å². The molecular weight excluding hydrogens is 611 g/mol. The predicted octanol–water partition coefficient (Wildman–Crippen LogP) is 12.7. The second-order valence-corrected chi connectivity index (χ2v) is 13.2. The van der Waals surface area contributed by atoms with Gasteiger partial charge in [0, 0.05) is 44.9 Å². The number of nitrogens with zero attached hydrogens (tertiary/aromatic N) is 1. The highest BCUT2D eigenvalue weighted by atomic mass is 16.5. The molecule has 50 heavy (non-hydrogen) atoms. The van der Waals surface area contributed by atoms with Gasteiger partial charge in [-0.3, -0.25) is 0 Å². The van der Waals surface area contributed by atoms with Crippen molar-refractivity contribution in [2.75, 3.05) is 4.90 Å². The quantitative estimate of drug-likeness (QED) is 0.192. The summed E-state index contributed by atoms with van der Waals surface area (Å²) in [5, 5.41) is 4.62. The molecule has 0 unspecified atom stereocenters. The van der Waals surface area contributed by atoms with Crippen LogP contribution in [0.5, 0.6) is 11.5 Å². The summed E-state index contributed by atoms with van der Waals surface area (Å²) >= 11 is 0. The molecule has 0 bridgehead atoms. The molecule has 0 saturated heterocycles. The maximum Gasteiger partial charge on any atom is 0.137 e. The zero-order valence-electron chi connectivity index (χ0n) is 27.0. The molecule has 0 amide bonds.